The highest BCUT2D eigenvalue weighted by molar-refractivity contribution is 5.96. The van der Waals surface area contributed by atoms with E-state index in [0.29, 0.717) is 0 Å². The summed E-state index contributed by atoms with van der Waals surface area (Å²) in [6, 6.07) is 4.17. The fraction of sp³-hybridized carbons (Fsp3) is 0.471. The minimum Gasteiger partial charge on any atom is -0.497 e. The van der Waals surface area contributed by atoms with Gasteiger partial charge in [0.05, 0.1) is 12.6 Å². The van der Waals surface area contributed by atoms with Gasteiger partial charge in [-0.1, -0.05) is 6.42 Å². The van der Waals surface area contributed by atoms with Crippen LogP contribution in [0.3, 0.4) is 0 Å². The number of hydrogen-bond acceptors (Lipinski definition) is 3. The number of methoxy groups -OCH3 is 1. The van der Waals surface area contributed by atoms with Crippen LogP contribution in [0.25, 0.3) is 10.9 Å². The largest absolute Gasteiger partial charge is 0.497 e. The number of fused-ring (bicyclic) bond motifs is 2. The molecule has 0 radical (unpaired) electrons. The van der Waals surface area contributed by atoms with E-state index < -0.39 is 0 Å². The molecule has 0 saturated heterocycles. The molecular formula is C17H22N2O. The molecular weight excluding hydrogens is 248 g/mol. The lowest BCUT2D eigenvalue weighted by Crippen LogP contribution is -2.04. The molecule has 1 aliphatic rings. The molecule has 3 rings (SSSR count). The van der Waals surface area contributed by atoms with Crippen molar-refractivity contribution in [3.63, 3.8) is 0 Å². The number of ether oxygens (including phenoxy) is 1. The predicted molar refractivity (Wildman–Crippen MR) is 83.8 cm³/mol. The van der Waals surface area contributed by atoms with Gasteiger partial charge in [-0.3, -0.25) is 4.98 Å². The Balaban J connectivity index is 2.33. The molecule has 0 unspecified atom stereocenters. The first kappa shape index (κ1) is 13.2. The molecule has 1 heterocycles. The molecule has 0 saturated carbocycles. The van der Waals surface area contributed by atoms with Crippen LogP contribution in [0.1, 0.15) is 36.1 Å². The van der Waals surface area contributed by atoms with Crippen molar-refractivity contribution in [3.8, 4) is 5.75 Å². The van der Waals surface area contributed by atoms with Crippen molar-refractivity contribution in [2.24, 2.45) is 0 Å². The molecule has 0 amide bonds. The van der Waals surface area contributed by atoms with Crippen LogP contribution in [-0.4, -0.2) is 19.1 Å². The third-order valence-corrected chi connectivity index (χ3v) is 4.27. The fourth-order valence-corrected chi connectivity index (χ4v) is 3.25. The maximum atomic E-state index is 5.42. The molecule has 1 aromatic carbocycles. The van der Waals surface area contributed by atoms with E-state index >= 15 is 0 Å². The summed E-state index contributed by atoms with van der Waals surface area (Å²) in [4.78, 5) is 4.96. The predicted octanol–water partition coefficient (Wildman–Crippen LogP) is 3.86. The van der Waals surface area contributed by atoms with Gasteiger partial charge in [-0.05, 0) is 55.9 Å². The molecule has 0 fully saturated rings. The smallest absolute Gasteiger partial charge is 0.119 e. The highest BCUT2D eigenvalue weighted by Crippen LogP contribution is 2.35. The minimum absolute atomic E-state index is 0.905. The van der Waals surface area contributed by atoms with Gasteiger partial charge < -0.3 is 10.1 Å². The van der Waals surface area contributed by atoms with Gasteiger partial charge in [0.1, 0.15) is 5.75 Å². The third kappa shape index (κ3) is 2.11. The Labute approximate surface area is 120 Å². The number of aryl methyl sites for hydroxylation is 2. The number of pyridine rings is 1. The maximum Gasteiger partial charge on any atom is 0.119 e. The molecule has 1 aromatic heterocycles. The molecule has 1 N–H and O–H groups in total. The third-order valence-electron chi connectivity index (χ3n) is 4.27. The van der Waals surface area contributed by atoms with Crippen LogP contribution in [0.5, 0.6) is 5.75 Å². The second-order valence-electron chi connectivity index (χ2n) is 5.56. The van der Waals surface area contributed by atoms with E-state index in [1.54, 1.807) is 7.11 Å². The Morgan fingerprint density at radius 3 is 2.70 bits per heavy atom. The van der Waals surface area contributed by atoms with Gasteiger partial charge in [-0.2, -0.15) is 0 Å². The molecule has 1 aliphatic carbocycles. The first-order chi connectivity index (χ1) is 9.74. The van der Waals surface area contributed by atoms with Gasteiger partial charge in [0.2, 0.25) is 0 Å². The standard InChI is InChI=1S/C17H22N2O/c1-11-9-12(20-3)10-14-16(11)19-15-8-6-4-5-7-13(15)17(14)18-2/h9-10H,4-8H2,1-3H3,(H,18,19). The van der Waals surface area contributed by atoms with E-state index in [4.69, 9.17) is 9.72 Å². The summed E-state index contributed by atoms with van der Waals surface area (Å²) in [6.07, 6.45) is 6.05. The van der Waals surface area contributed by atoms with E-state index in [1.807, 2.05) is 7.05 Å². The Morgan fingerprint density at radius 1 is 1.15 bits per heavy atom. The van der Waals surface area contributed by atoms with Gasteiger partial charge in [-0.15, -0.1) is 0 Å². The average molecular weight is 270 g/mol. The van der Waals surface area contributed by atoms with Crippen molar-refractivity contribution in [1.82, 2.24) is 4.98 Å². The number of aromatic nitrogens is 1. The quantitative estimate of drug-likeness (QED) is 0.841. The van der Waals surface area contributed by atoms with Crippen LogP contribution >= 0.6 is 0 Å². The van der Waals surface area contributed by atoms with Crippen LogP contribution in [0.4, 0.5) is 5.69 Å². The van der Waals surface area contributed by atoms with Gasteiger partial charge in [-0.25, -0.2) is 0 Å². The van der Waals surface area contributed by atoms with Gasteiger partial charge in [0.25, 0.3) is 0 Å². The molecule has 3 heteroatoms. The van der Waals surface area contributed by atoms with Crippen molar-refractivity contribution >= 4 is 16.6 Å². The Kier molecular flexibility index (Phi) is 3.51. The van der Waals surface area contributed by atoms with Crippen LogP contribution in [-0.2, 0) is 12.8 Å². The van der Waals surface area contributed by atoms with Gasteiger partial charge in [0, 0.05) is 23.8 Å². The van der Waals surface area contributed by atoms with E-state index in [-0.39, 0.29) is 0 Å². The maximum absolute atomic E-state index is 5.42. The lowest BCUT2D eigenvalue weighted by molar-refractivity contribution is 0.415. The number of hydrogen-bond donors (Lipinski definition) is 1. The molecule has 20 heavy (non-hydrogen) atoms. The summed E-state index contributed by atoms with van der Waals surface area (Å²) in [5.74, 6) is 0.905. The summed E-state index contributed by atoms with van der Waals surface area (Å²) < 4.78 is 5.42. The molecule has 2 aromatic rings. The van der Waals surface area contributed by atoms with Crippen LogP contribution < -0.4 is 10.1 Å². The lowest BCUT2D eigenvalue weighted by Gasteiger charge is -2.17. The van der Waals surface area contributed by atoms with Gasteiger partial charge in [0.15, 0.2) is 0 Å². The summed E-state index contributed by atoms with van der Waals surface area (Å²) in [6.45, 7) is 2.11. The normalized spacial score (nSPS) is 14.8. The van der Waals surface area contributed by atoms with E-state index in [0.717, 1.165) is 24.1 Å². The van der Waals surface area contributed by atoms with Crippen molar-refractivity contribution in [2.75, 3.05) is 19.5 Å². The molecule has 0 bridgehead atoms. The zero-order valence-corrected chi connectivity index (χ0v) is 12.5. The van der Waals surface area contributed by atoms with Crippen molar-refractivity contribution in [3.05, 3.63) is 29.0 Å². The number of nitrogens with one attached hydrogen (secondary N) is 1. The fourth-order valence-electron chi connectivity index (χ4n) is 3.25. The monoisotopic (exact) mass is 270 g/mol. The van der Waals surface area contributed by atoms with Crippen LogP contribution in [0.15, 0.2) is 12.1 Å². The molecule has 106 valence electrons. The van der Waals surface area contributed by atoms with Crippen LogP contribution in [0, 0.1) is 6.92 Å². The van der Waals surface area contributed by atoms with Crippen molar-refractivity contribution in [1.29, 1.82) is 0 Å². The van der Waals surface area contributed by atoms with E-state index in [9.17, 15) is 0 Å². The van der Waals surface area contributed by atoms with E-state index in [1.165, 1.54) is 47.2 Å². The first-order valence-corrected chi connectivity index (χ1v) is 7.42. The Bertz CT molecular complexity index is 649. The van der Waals surface area contributed by atoms with Gasteiger partial charge >= 0.3 is 0 Å². The molecule has 3 nitrogen and oxygen atoms in total. The number of rotatable bonds is 2. The lowest BCUT2D eigenvalue weighted by atomic mass is 10.00. The first-order valence-electron chi connectivity index (χ1n) is 7.42. The zero-order chi connectivity index (χ0) is 14.1. The van der Waals surface area contributed by atoms with Crippen molar-refractivity contribution in [2.45, 2.75) is 39.0 Å². The molecule has 0 aliphatic heterocycles. The highest BCUT2D eigenvalue weighted by atomic mass is 16.5. The summed E-state index contributed by atoms with van der Waals surface area (Å²) in [5.41, 5.74) is 6.23. The molecule has 0 atom stereocenters. The summed E-state index contributed by atoms with van der Waals surface area (Å²) >= 11 is 0. The number of benzene rings is 1. The number of nitrogens with zero attached hydrogens (tertiary/aromatic N) is 1. The van der Waals surface area contributed by atoms with Crippen LogP contribution in [0.2, 0.25) is 0 Å². The topological polar surface area (TPSA) is 34.2 Å². The highest BCUT2D eigenvalue weighted by Gasteiger charge is 2.18. The van der Waals surface area contributed by atoms with Crippen molar-refractivity contribution < 1.29 is 4.74 Å². The summed E-state index contributed by atoms with van der Waals surface area (Å²) in [5, 5.41) is 4.59. The zero-order valence-electron chi connectivity index (χ0n) is 12.5. The number of anilines is 1. The SMILES string of the molecule is CNc1c2c(nc3c(C)cc(OC)cc13)CCCCC2. The van der Waals surface area contributed by atoms with E-state index in [2.05, 4.69) is 24.4 Å². The second-order valence-corrected chi connectivity index (χ2v) is 5.56. The molecule has 0 spiro atoms. The Morgan fingerprint density at radius 2 is 1.95 bits per heavy atom. The summed E-state index contributed by atoms with van der Waals surface area (Å²) in [7, 11) is 3.73. The minimum atomic E-state index is 0.905. The Hall–Kier alpha value is -1.77. The second kappa shape index (κ2) is 5.31. The average Bonchev–Trinajstić information content (AvgIpc) is 2.70.